The number of Topliss-reactive ketones (excluding diaryl/α,β-unsaturated/α-hetero) is 1. The number of amides is 1. The Morgan fingerprint density at radius 3 is 2.52 bits per heavy atom. The quantitative estimate of drug-likeness (QED) is 0.716. The number of nitrogens with zero attached hydrogens (tertiary/aromatic N) is 3. The summed E-state index contributed by atoms with van der Waals surface area (Å²) in [6.07, 6.45) is 2.77. The summed E-state index contributed by atoms with van der Waals surface area (Å²) in [6.45, 7) is 6.59. The van der Waals surface area contributed by atoms with E-state index in [-0.39, 0.29) is 24.5 Å². The monoisotopic (exact) mass is 401 g/mol. The smallest absolute Gasteiger partial charge is 0.303 e. The van der Waals surface area contributed by atoms with Gasteiger partial charge in [0.15, 0.2) is 17.2 Å². The number of aromatic nitrogens is 2. The molecule has 1 fully saturated rings. The van der Waals surface area contributed by atoms with Crippen molar-refractivity contribution in [2.75, 3.05) is 19.7 Å². The molecule has 1 aliphatic heterocycles. The van der Waals surface area contributed by atoms with E-state index in [1.165, 1.54) is 6.92 Å². The molecule has 1 aliphatic rings. The molecule has 3 heterocycles. The molecule has 8 heteroatoms. The van der Waals surface area contributed by atoms with Gasteiger partial charge in [0.05, 0.1) is 18.7 Å². The van der Waals surface area contributed by atoms with E-state index in [0.29, 0.717) is 55.3 Å². The van der Waals surface area contributed by atoms with Gasteiger partial charge in [-0.15, -0.1) is 0 Å². The van der Waals surface area contributed by atoms with Gasteiger partial charge in [0.2, 0.25) is 5.91 Å². The van der Waals surface area contributed by atoms with E-state index in [9.17, 15) is 19.5 Å². The molecule has 0 saturated carbocycles. The van der Waals surface area contributed by atoms with E-state index in [0.717, 1.165) is 0 Å². The minimum absolute atomic E-state index is 0.0265. The Morgan fingerprint density at radius 1 is 1.24 bits per heavy atom. The third kappa shape index (κ3) is 4.26. The maximum atomic E-state index is 13.3. The number of pyridine rings is 1. The first kappa shape index (κ1) is 20.8. The van der Waals surface area contributed by atoms with Gasteiger partial charge in [-0.3, -0.25) is 18.8 Å². The predicted molar refractivity (Wildman–Crippen MR) is 106 cm³/mol. The number of hydrogen-bond acceptors (Lipinski definition) is 5. The molecule has 8 nitrogen and oxygen atoms in total. The summed E-state index contributed by atoms with van der Waals surface area (Å²) in [5.74, 6) is -0.489. The van der Waals surface area contributed by atoms with Crippen LogP contribution in [0, 0.1) is 12.3 Å². The lowest BCUT2D eigenvalue weighted by Gasteiger charge is -2.40. The third-order valence-electron chi connectivity index (χ3n) is 5.68. The fourth-order valence-corrected chi connectivity index (χ4v) is 4.22. The molecule has 0 unspecified atom stereocenters. The first-order valence-electron chi connectivity index (χ1n) is 9.87. The van der Waals surface area contributed by atoms with E-state index >= 15 is 0 Å². The van der Waals surface area contributed by atoms with Crippen LogP contribution >= 0.6 is 0 Å². The van der Waals surface area contributed by atoms with Crippen LogP contribution in [-0.2, 0) is 9.59 Å². The van der Waals surface area contributed by atoms with Crippen molar-refractivity contribution in [1.82, 2.24) is 14.3 Å². The Labute approximate surface area is 169 Å². The zero-order valence-electron chi connectivity index (χ0n) is 17.1. The average molecular weight is 401 g/mol. The highest BCUT2D eigenvalue weighted by Crippen LogP contribution is 2.40. The van der Waals surface area contributed by atoms with Gasteiger partial charge in [-0.25, -0.2) is 4.98 Å². The van der Waals surface area contributed by atoms with Gasteiger partial charge in [-0.2, -0.15) is 0 Å². The summed E-state index contributed by atoms with van der Waals surface area (Å²) in [5, 5.41) is 9.45. The summed E-state index contributed by atoms with van der Waals surface area (Å²) >= 11 is 0. The van der Waals surface area contributed by atoms with Gasteiger partial charge in [0.1, 0.15) is 5.69 Å². The lowest BCUT2D eigenvalue weighted by atomic mass is 9.71. The molecule has 0 atom stereocenters. The number of fused-ring (bicyclic) bond motifs is 1. The highest BCUT2D eigenvalue weighted by molar-refractivity contribution is 5.97. The summed E-state index contributed by atoms with van der Waals surface area (Å²) in [6, 6.07) is 3.61. The maximum Gasteiger partial charge on any atom is 0.303 e. The Hall–Kier alpha value is -2.90. The van der Waals surface area contributed by atoms with Crippen LogP contribution in [0.5, 0.6) is 5.75 Å². The van der Waals surface area contributed by atoms with E-state index in [2.05, 4.69) is 4.98 Å². The molecule has 0 aromatic carbocycles. The topological polar surface area (TPSA) is 101 Å². The number of imidazole rings is 1. The number of aliphatic carboxylic acids is 1. The van der Waals surface area contributed by atoms with E-state index in [1.807, 2.05) is 13.0 Å². The van der Waals surface area contributed by atoms with Gasteiger partial charge < -0.3 is 14.7 Å². The van der Waals surface area contributed by atoms with Crippen molar-refractivity contribution in [1.29, 1.82) is 0 Å². The van der Waals surface area contributed by atoms with Gasteiger partial charge in [-0.05, 0) is 44.2 Å². The number of rotatable bonds is 7. The van der Waals surface area contributed by atoms with Crippen molar-refractivity contribution in [3.63, 3.8) is 0 Å². The second-order valence-corrected chi connectivity index (χ2v) is 7.72. The number of carboxylic acids is 1. The molecule has 0 aliphatic carbocycles. The second kappa shape index (κ2) is 8.23. The molecule has 29 heavy (non-hydrogen) atoms. The largest absolute Gasteiger partial charge is 0.490 e. The van der Waals surface area contributed by atoms with Crippen LogP contribution in [0.15, 0.2) is 18.3 Å². The van der Waals surface area contributed by atoms with Crippen LogP contribution in [0.25, 0.3) is 5.65 Å². The fourth-order valence-electron chi connectivity index (χ4n) is 4.22. The standard InChI is InChI=1S/C21H27N3O5/c1-4-29-17-6-5-9-24-19(14(2)22-20(17)24)16(26)12-21(13-18(27)28)7-10-23(11-8-21)15(3)25/h5-6,9H,4,7-8,10-13H2,1-3H3,(H,27,28). The first-order chi connectivity index (χ1) is 13.8. The molecule has 1 amide bonds. The van der Waals surface area contributed by atoms with Crippen molar-refractivity contribution >= 4 is 23.3 Å². The van der Waals surface area contributed by atoms with E-state index in [1.54, 1.807) is 28.5 Å². The summed E-state index contributed by atoms with van der Waals surface area (Å²) in [5.41, 5.74) is 0.964. The number of carbonyl (C=O) groups is 3. The lowest BCUT2D eigenvalue weighted by Crippen LogP contribution is -2.44. The predicted octanol–water partition coefficient (Wildman–Crippen LogP) is 2.72. The minimum Gasteiger partial charge on any atom is -0.490 e. The molecule has 2 aromatic rings. The molecule has 0 radical (unpaired) electrons. The van der Waals surface area contributed by atoms with E-state index in [4.69, 9.17) is 4.74 Å². The van der Waals surface area contributed by atoms with Crippen LogP contribution in [0.3, 0.4) is 0 Å². The van der Waals surface area contributed by atoms with Gasteiger partial charge in [-0.1, -0.05) is 0 Å². The van der Waals surface area contributed by atoms with E-state index < -0.39 is 11.4 Å². The number of carboxylic acid groups (broad SMARTS) is 1. The molecular weight excluding hydrogens is 374 g/mol. The number of hydrogen-bond donors (Lipinski definition) is 1. The van der Waals surface area contributed by atoms with Gasteiger partial charge in [0.25, 0.3) is 0 Å². The first-order valence-corrected chi connectivity index (χ1v) is 9.87. The van der Waals surface area contributed by atoms with Crippen molar-refractivity contribution in [2.24, 2.45) is 5.41 Å². The van der Waals surface area contributed by atoms with Crippen LogP contribution in [0.1, 0.15) is 55.7 Å². The van der Waals surface area contributed by atoms with Crippen LogP contribution in [0.2, 0.25) is 0 Å². The van der Waals surface area contributed by atoms with Crippen molar-refractivity contribution < 1.29 is 24.2 Å². The fraction of sp³-hybridized carbons (Fsp3) is 0.524. The molecule has 0 bridgehead atoms. The van der Waals surface area contributed by atoms with Gasteiger partial charge >= 0.3 is 5.97 Å². The zero-order valence-corrected chi connectivity index (χ0v) is 17.1. The Kier molecular flexibility index (Phi) is 5.91. The summed E-state index contributed by atoms with van der Waals surface area (Å²) < 4.78 is 7.34. The SMILES string of the molecule is CCOc1cccn2c(C(=O)CC3(CC(=O)O)CCN(C(C)=O)CC3)c(C)nc12. The molecule has 1 N–H and O–H groups in total. The van der Waals surface area contributed by atoms with Crippen LogP contribution in [0.4, 0.5) is 0 Å². The Morgan fingerprint density at radius 2 is 1.93 bits per heavy atom. The van der Waals surface area contributed by atoms with Crippen molar-refractivity contribution in [3.8, 4) is 5.75 Å². The molecule has 156 valence electrons. The molecular formula is C21H27N3O5. The molecule has 1 saturated heterocycles. The minimum atomic E-state index is -0.928. The zero-order chi connectivity index (χ0) is 21.2. The number of carbonyl (C=O) groups excluding carboxylic acids is 2. The normalized spacial score (nSPS) is 16.0. The third-order valence-corrected chi connectivity index (χ3v) is 5.68. The highest BCUT2D eigenvalue weighted by Gasteiger charge is 2.40. The average Bonchev–Trinajstić information content (AvgIpc) is 2.98. The summed E-state index contributed by atoms with van der Waals surface area (Å²) in [7, 11) is 0. The summed E-state index contributed by atoms with van der Waals surface area (Å²) in [4.78, 5) is 42.7. The van der Waals surface area contributed by atoms with Crippen LogP contribution in [-0.4, -0.2) is 56.7 Å². The number of piperidine rings is 1. The number of aryl methyl sites for hydroxylation is 1. The number of ketones is 1. The Bertz CT molecular complexity index is 941. The van der Waals surface area contributed by atoms with Crippen LogP contribution < -0.4 is 4.74 Å². The number of ether oxygens (including phenoxy) is 1. The van der Waals surface area contributed by atoms with Crippen molar-refractivity contribution in [2.45, 2.75) is 46.5 Å². The molecule has 2 aromatic heterocycles. The number of likely N-dealkylation sites (tertiary alicyclic amines) is 1. The highest BCUT2D eigenvalue weighted by atomic mass is 16.5. The molecule has 3 rings (SSSR count). The molecule has 0 spiro atoms. The maximum absolute atomic E-state index is 13.3. The van der Waals surface area contributed by atoms with Crippen molar-refractivity contribution in [3.05, 3.63) is 29.7 Å². The van der Waals surface area contributed by atoms with Gasteiger partial charge in [0, 0.05) is 32.6 Å². The second-order valence-electron chi connectivity index (χ2n) is 7.72. The lowest BCUT2D eigenvalue weighted by molar-refractivity contribution is -0.141. The Balaban J connectivity index is 1.91.